The number of aromatic nitrogens is 1. The number of ether oxygens (including phenoxy) is 1. The summed E-state index contributed by atoms with van der Waals surface area (Å²) in [7, 11) is 1.53. The van der Waals surface area contributed by atoms with E-state index in [0.29, 0.717) is 17.9 Å². The highest BCUT2D eigenvalue weighted by Crippen LogP contribution is 2.41. The van der Waals surface area contributed by atoms with Gasteiger partial charge in [0.15, 0.2) is 0 Å². The van der Waals surface area contributed by atoms with Crippen LogP contribution in [0.25, 0.3) is 0 Å². The molecule has 6 heteroatoms. The number of pyridine rings is 1. The number of benzene rings is 1. The number of carbonyl (C=O) groups excluding carboxylic acids is 2. The normalized spacial score (nSPS) is 15.8. The molecule has 3 N–H and O–H groups in total. The predicted octanol–water partition coefficient (Wildman–Crippen LogP) is 1.06. The lowest BCUT2D eigenvalue weighted by molar-refractivity contribution is 0.0960. The summed E-state index contributed by atoms with van der Waals surface area (Å²) in [4.78, 5) is 27.7. The van der Waals surface area contributed by atoms with Crippen LogP contribution >= 0.6 is 0 Å². The number of hydrogen-bond acceptors (Lipinski definition) is 4. The van der Waals surface area contributed by atoms with E-state index in [1.807, 2.05) is 12.1 Å². The number of hydrogen-bond donors (Lipinski definition) is 2. The summed E-state index contributed by atoms with van der Waals surface area (Å²) in [5.74, 6) is -0.472. The number of nitrogens with one attached hydrogen (secondary N) is 1. The molecule has 112 valence electrons. The number of fused-ring (bicyclic) bond motifs is 1. The van der Waals surface area contributed by atoms with Gasteiger partial charge in [0.2, 0.25) is 5.91 Å². The molecule has 0 aliphatic carbocycles. The van der Waals surface area contributed by atoms with Crippen LogP contribution in [0.2, 0.25) is 0 Å². The van der Waals surface area contributed by atoms with E-state index in [4.69, 9.17) is 10.5 Å². The van der Waals surface area contributed by atoms with Gasteiger partial charge in [-0.25, -0.2) is 0 Å². The minimum atomic E-state index is -0.579. The number of amides is 2. The van der Waals surface area contributed by atoms with Gasteiger partial charge in [-0.05, 0) is 23.8 Å². The molecule has 0 radical (unpaired) electrons. The second-order valence-corrected chi connectivity index (χ2v) is 5.04. The van der Waals surface area contributed by atoms with Gasteiger partial charge in [0.05, 0.1) is 12.2 Å². The third kappa shape index (κ3) is 2.28. The SMILES string of the molecule is CNC(=O)c1cc(C(N)=O)cc2c1OCC2c1cccnc1. The fourth-order valence-electron chi connectivity index (χ4n) is 2.63. The van der Waals surface area contributed by atoms with E-state index in [1.165, 1.54) is 13.1 Å². The van der Waals surface area contributed by atoms with Crippen LogP contribution in [0, 0.1) is 0 Å². The lowest BCUT2D eigenvalue weighted by Gasteiger charge is -2.11. The second-order valence-electron chi connectivity index (χ2n) is 5.04. The third-order valence-electron chi connectivity index (χ3n) is 3.73. The largest absolute Gasteiger partial charge is 0.491 e. The Morgan fingerprint density at radius 2 is 2.23 bits per heavy atom. The van der Waals surface area contributed by atoms with Crippen molar-refractivity contribution < 1.29 is 14.3 Å². The molecule has 2 heterocycles. The number of nitrogens with zero attached hydrogens (tertiary/aromatic N) is 1. The van der Waals surface area contributed by atoms with Crippen LogP contribution in [0.1, 0.15) is 37.8 Å². The lowest BCUT2D eigenvalue weighted by Crippen LogP contribution is -2.20. The highest BCUT2D eigenvalue weighted by atomic mass is 16.5. The summed E-state index contributed by atoms with van der Waals surface area (Å²) in [6.45, 7) is 0.396. The molecule has 1 aliphatic rings. The Bertz CT molecular complexity index is 744. The van der Waals surface area contributed by atoms with Crippen molar-refractivity contribution in [3.05, 3.63) is 58.9 Å². The van der Waals surface area contributed by atoms with Crippen LogP contribution in [0.5, 0.6) is 5.75 Å². The Kier molecular flexibility index (Phi) is 3.50. The summed E-state index contributed by atoms with van der Waals surface area (Å²) >= 11 is 0. The zero-order valence-corrected chi connectivity index (χ0v) is 12.0. The van der Waals surface area contributed by atoms with Gasteiger partial charge in [-0.3, -0.25) is 14.6 Å². The molecule has 2 amide bonds. The summed E-state index contributed by atoms with van der Waals surface area (Å²) in [5.41, 5.74) is 7.73. The topological polar surface area (TPSA) is 94.3 Å². The molecule has 2 aromatic rings. The van der Waals surface area contributed by atoms with E-state index in [2.05, 4.69) is 10.3 Å². The summed E-state index contributed by atoms with van der Waals surface area (Å²) in [5, 5.41) is 2.55. The molecule has 1 aromatic carbocycles. The quantitative estimate of drug-likeness (QED) is 0.886. The zero-order valence-electron chi connectivity index (χ0n) is 12.0. The van der Waals surface area contributed by atoms with E-state index >= 15 is 0 Å². The van der Waals surface area contributed by atoms with Gasteiger partial charge in [0, 0.05) is 36.5 Å². The van der Waals surface area contributed by atoms with Crippen molar-refractivity contribution in [3.8, 4) is 5.75 Å². The standard InChI is InChI=1S/C16H15N3O3/c1-18-16(21)12-6-10(15(17)20)5-11-13(8-22-14(11)12)9-3-2-4-19-7-9/h2-7,13H,8H2,1H3,(H2,17,20)(H,18,21). The van der Waals surface area contributed by atoms with Crippen molar-refractivity contribution in [2.75, 3.05) is 13.7 Å². The average molecular weight is 297 g/mol. The van der Waals surface area contributed by atoms with Gasteiger partial charge in [-0.15, -0.1) is 0 Å². The molecular weight excluding hydrogens is 282 g/mol. The first-order valence-electron chi connectivity index (χ1n) is 6.84. The smallest absolute Gasteiger partial charge is 0.254 e. The van der Waals surface area contributed by atoms with Crippen LogP contribution in [0.15, 0.2) is 36.7 Å². The monoisotopic (exact) mass is 297 g/mol. The van der Waals surface area contributed by atoms with Crippen LogP contribution in [0.3, 0.4) is 0 Å². The van der Waals surface area contributed by atoms with Gasteiger partial charge in [-0.1, -0.05) is 6.07 Å². The third-order valence-corrected chi connectivity index (χ3v) is 3.73. The minimum Gasteiger partial charge on any atom is -0.491 e. The van der Waals surface area contributed by atoms with Crippen LogP contribution in [-0.2, 0) is 0 Å². The molecule has 0 saturated heterocycles. The molecule has 22 heavy (non-hydrogen) atoms. The fraction of sp³-hybridized carbons (Fsp3) is 0.188. The Hall–Kier alpha value is -2.89. The first-order valence-corrected chi connectivity index (χ1v) is 6.84. The number of primary amides is 1. The van der Waals surface area contributed by atoms with Crippen molar-refractivity contribution in [2.24, 2.45) is 5.73 Å². The fourth-order valence-corrected chi connectivity index (χ4v) is 2.63. The second kappa shape index (κ2) is 5.48. The Balaban J connectivity index is 2.16. The molecule has 0 spiro atoms. The first kappa shape index (κ1) is 14.1. The highest BCUT2D eigenvalue weighted by molar-refractivity contribution is 6.02. The van der Waals surface area contributed by atoms with Gasteiger partial charge in [-0.2, -0.15) is 0 Å². The molecule has 1 aliphatic heterocycles. The van der Waals surface area contributed by atoms with Gasteiger partial charge >= 0.3 is 0 Å². The maximum absolute atomic E-state index is 12.0. The molecule has 6 nitrogen and oxygen atoms in total. The number of carbonyl (C=O) groups is 2. The van der Waals surface area contributed by atoms with Crippen molar-refractivity contribution in [3.63, 3.8) is 0 Å². The Labute approximate surface area is 127 Å². The maximum Gasteiger partial charge on any atom is 0.254 e. The van der Waals surface area contributed by atoms with Crippen molar-refractivity contribution in [2.45, 2.75) is 5.92 Å². The molecule has 0 fully saturated rings. The average Bonchev–Trinajstić information content (AvgIpc) is 2.97. The van der Waals surface area contributed by atoms with E-state index in [9.17, 15) is 9.59 Å². The minimum absolute atomic E-state index is 0.0774. The van der Waals surface area contributed by atoms with E-state index in [-0.39, 0.29) is 17.4 Å². The van der Waals surface area contributed by atoms with Gasteiger partial charge < -0.3 is 15.8 Å². The molecule has 0 bridgehead atoms. The van der Waals surface area contributed by atoms with Gasteiger partial charge in [0.1, 0.15) is 5.75 Å². The van der Waals surface area contributed by atoms with Crippen LogP contribution in [0.4, 0.5) is 0 Å². The lowest BCUT2D eigenvalue weighted by atomic mass is 9.91. The van der Waals surface area contributed by atoms with Crippen molar-refractivity contribution in [1.82, 2.24) is 10.3 Å². The maximum atomic E-state index is 12.0. The Morgan fingerprint density at radius 1 is 1.41 bits per heavy atom. The molecular formula is C16H15N3O3. The van der Waals surface area contributed by atoms with Gasteiger partial charge in [0.25, 0.3) is 5.91 Å². The number of nitrogens with two attached hydrogens (primary N) is 1. The van der Waals surface area contributed by atoms with Crippen molar-refractivity contribution in [1.29, 1.82) is 0 Å². The highest BCUT2D eigenvalue weighted by Gasteiger charge is 2.31. The molecule has 3 rings (SSSR count). The predicted molar refractivity (Wildman–Crippen MR) is 79.9 cm³/mol. The van der Waals surface area contributed by atoms with E-state index in [0.717, 1.165) is 11.1 Å². The molecule has 1 unspecified atom stereocenters. The molecule has 1 atom stereocenters. The molecule has 1 aromatic heterocycles. The summed E-state index contributed by atoms with van der Waals surface area (Å²) < 4.78 is 5.71. The first-order chi connectivity index (χ1) is 10.6. The van der Waals surface area contributed by atoms with Crippen molar-refractivity contribution >= 4 is 11.8 Å². The summed E-state index contributed by atoms with van der Waals surface area (Å²) in [6.07, 6.45) is 3.44. The Morgan fingerprint density at radius 3 is 2.86 bits per heavy atom. The summed E-state index contributed by atoms with van der Waals surface area (Å²) in [6, 6.07) is 6.93. The number of rotatable bonds is 3. The zero-order chi connectivity index (χ0) is 15.7. The van der Waals surface area contributed by atoms with Crippen LogP contribution < -0.4 is 15.8 Å². The van der Waals surface area contributed by atoms with E-state index < -0.39 is 5.91 Å². The van der Waals surface area contributed by atoms with E-state index in [1.54, 1.807) is 18.5 Å². The van der Waals surface area contributed by atoms with Crippen LogP contribution in [-0.4, -0.2) is 30.5 Å². The molecule has 0 saturated carbocycles.